The highest BCUT2D eigenvalue weighted by Crippen LogP contribution is 2.39. The van der Waals surface area contributed by atoms with Crippen LogP contribution < -0.4 is 5.32 Å². The van der Waals surface area contributed by atoms with Crippen molar-refractivity contribution in [3.8, 4) is 0 Å². The maximum Gasteiger partial charge on any atom is 0.251 e. The molecule has 3 rings (SSSR count). The minimum Gasteiger partial charge on any atom is -0.349 e. The van der Waals surface area contributed by atoms with E-state index in [1.54, 1.807) is 0 Å². The molecule has 106 valence electrons. The highest BCUT2D eigenvalue weighted by molar-refractivity contribution is 5.94. The van der Waals surface area contributed by atoms with Crippen molar-refractivity contribution in [2.45, 2.75) is 44.6 Å². The van der Waals surface area contributed by atoms with E-state index >= 15 is 0 Å². The Balaban J connectivity index is 1.57. The topological polar surface area (TPSA) is 46.2 Å². The zero-order valence-electron chi connectivity index (χ0n) is 11.7. The fraction of sp³-hybridized carbons (Fsp3) is 0.529. The summed E-state index contributed by atoms with van der Waals surface area (Å²) in [4.78, 5) is 23.7. The van der Waals surface area contributed by atoms with Crippen LogP contribution in [-0.4, -0.2) is 17.7 Å². The molecule has 0 unspecified atom stereocenters. The average Bonchev–Trinajstić information content (AvgIpc) is 2.48. The van der Waals surface area contributed by atoms with E-state index in [4.69, 9.17) is 0 Å². The first-order valence-corrected chi connectivity index (χ1v) is 7.60. The molecule has 3 heteroatoms. The number of benzene rings is 1. The minimum absolute atomic E-state index is 0.0286. The van der Waals surface area contributed by atoms with Gasteiger partial charge in [-0.25, -0.2) is 0 Å². The molecule has 0 radical (unpaired) electrons. The number of hydrogen-bond donors (Lipinski definition) is 1. The predicted octanol–water partition coefficient (Wildman–Crippen LogP) is 2.95. The van der Waals surface area contributed by atoms with Crippen LogP contribution in [0.2, 0.25) is 0 Å². The molecule has 1 aromatic rings. The highest BCUT2D eigenvalue weighted by atomic mass is 16.1. The summed E-state index contributed by atoms with van der Waals surface area (Å²) >= 11 is 0. The van der Waals surface area contributed by atoms with Crippen LogP contribution >= 0.6 is 0 Å². The van der Waals surface area contributed by atoms with Crippen molar-refractivity contribution in [3.05, 3.63) is 35.9 Å². The van der Waals surface area contributed by atoms with Gasteiger partial charge in [-0.2, -0.15) is 0 Å². The van der Waals surface area contributed by atoms with Crippen molar-refractivity contribution in [3.63, 3.8) is 0 Å². The maximum atomic E-state index is 12.2. The van der Waals surface area contributed by atoms with Gasteiger partial charge in [0.1, 0.15) is 5.78 Å². The van der Waals surface area contributed by atoms with Crippen LogP contribution in [0.1, 0.15) is 48.9 Å². The molecule has 3 atom stereocenters. The van der Waals surface area contributed by atoms with Gasteiger partial charge in [-0.1, -0.05) is 18.2 Å². The number of carbonyl (C=O) groups excluding carboxylic acids is 2. The largest absolute Gasteiger partial charge is 0.349 e. The summed E-state index contributed by atoms with van der Waals surface area (Å²) in [5.41, 5.74) is 0.730. The Morgan fingerprint density at radius 1 is 1.05 bits per heavy atom. The smallest absolute Gasteiger partial charge is 0.251 e. The number of nitrogens with one attached hydrogen (secondary N) is 1. The van der Waals surface area contributed by atoms with Gasteiger partial charge in [-0.05, 0) is 49.7 Å². The lowest BCUT2D eigenvalue weighted by molar-refractivity contribution is -0.123. The number of rotatable bonds is 2. The number of amides is 1. The lowest BCUT2D eigenvalue weighted by atomic mass is 9.69. The molecule has 2 fully saturated rings. The van der Waals surface area contributed by atoms with E-state index in [1.807, 2.05) is 30.3 Å². The van der Waals surface area contributed by atoms with Crippen LogP contribution in [0.25, 0.3) is 0 Å². The highest BCUT2D eigenvalue weighted by Gasteiger charge is 2.35. The first kappa shape index (κ1) is 13.3. The summed E-state index contributed by atoms with van der Waals surface area (Å²) in [6, 6.07) is 9.66. The van der Waals surface area contributed by atoms with Crippen LogP contribution in [0.5, 0.6) is 0 Å². The van der Waals surface area contributed by atoms with Crippen LogP contribution in [0.4, 0.5) is 0 Å². The second kappa shape index (κ2) is 5.78. The zero-order chi connectivity index (χ0) is 13.9. The van der Waals surface area contributed by atoms with Gasteiger partial charge >= 0.3 is 0 Å². The predicted molar refractivity (Wildman–Crippen MR) is 77.4 cm³/mol. The Kier molecular flexibility index (Phi) is 3.86. The van der Waals surface area contributed by atoms with Crippen molar-refractivity contribution in [1.82, 2.24) is 5.32 Å². The standard InChI is InChI=1S/C17H21NO2/c19-16-9-7-13-10-15(8-6-14(13)11-16)18-17(20)12-4-2-1-3-5-12/h1-5,13-15H,6-11H2,(H,18,20)/t13-,14+,15+/m1/s1. The van der Waals surface area contributed by atoms with Gasteiger partial charge in [-0.15, -0.1) is 0 Å². The van der Waals surface area contributed by atoms with E-state index in [-0.39, 0.29) is 11.9 Å². The van der Waals surface area contributed by atoms with E-state index in [0.717, 1.165) is 44.1 Å². The third-order valence-corrected chi connectivity index (χ3v) is 4.79. The molecule has 0 saturated heterocycles. The number of fused-ring (bicyclic) bond motifs is 1. The second-order valence-electron chi connectivity index (χ2n) is 6.15. The Morgan fingerprint density at radius 3 is 2.65 bits per heavy atom. The minimum atomic E-state index is 0.0286. The second-order valence-corrected chi connectivity index (χ2v) is 6.15. The van der Waals surface area contributed by atoms with Crippen LogP contribution in [0, 0.1) is 11.8 Å². The van der Waals surface area contributed by atoms with Gasteiger partial charge in [0.05, 0.1) is 0 Å². The maximum absolute atomic E-state index is 12.2. The van der Waals surface area contributed by atoms with Crippen LogP contribution in [0.15, 0.2) is 30.3 Å². The molecule has 20 heavy (non-hydrogen) atoms. The molecule has 0 aliphatic heterocycles. The van der Waals surface area contributed by atoms with Crippen molar-refractivity contribution < 1.29 is 9.59 Å². The molecular weight excluding hydrogens is 250 g/mol. The van der Waals surface area contributed by atoms with Crippen molar-refractivity contribution in [1.29, 1.82) is 0 Å². The van der Waals surface area contributed by atoms with E-state index in [1.165, 1.54) is 0 Å². The quantitative estimate of drug-likeness (QED) is 0.899. The monoisotopic (exact) mass is 271 g/mol. The van der Waals surface area contributed by atoms with Crippen molar-refractivity contribution >= 4 is 11.7 Å². The van der Waals surface area contributed by atoms with E-state index in [0.29, 0.717) is 17.6 Å². The zero-order valence-corrected chi connectivity index (χ0v) is 11.7. The van der Waals surface area contributed by atoms with Crippen LogP contribution in [0.3, 0.4) is 0 Å². The van der Waals surface area contributed by atoms with Gasteiger partial charge in [-0.3, -0.25) is 9.59 Å². The van der Waals surface area contributed by atoms with Crippen LogP contribution in [-0.2, 0) is 4.79 Å². The molecule has 2 aliphatic carbocycles. The molecule has 2 aliphatic rings. The Morgan fingerprint density at radius 2 is 1.85 bits per heavy atom. The average molecular weight is 271 g/mol. The van der Waals surface area contributed by atoms with Gasteiger partial charge in [0.2, 0.25) is 0 Å². The molecule has 1 N–H and O–H groups in total. The number of ketones is 1. The SMILES string of the molecule is O=C1CC[C@@H]2C[C@@H](NC(=O)c3ccccc3)CC[C@H]2C1. The summed E-state index contributed by atoms with van der Waals surface area (Å²) in [6.07, 6.45) is 5.64. The first-order valence-electron chi connectivity index (χ1n) is 7.60. The lowest BCUT2D eigenvalue weighted by Crippen LogP contribution is -2.42. The molecule has 0 spiro atoms. The molecule has 2 saturated carbocycles. The van der Waals surface area contributed by atoms with E-state index in [9.17, 15) is 9.59 Å². The summed E-state index contributed by atoms with van der Waals surface area (Å²) < 4.78 is 0. The van der Waals surface area contributed by atoms with Gasteiger partial charge in [0.25, 0.3) is 5.91 Å². The van der Waals surface area contributed by atoms with Gasteiger partial charge in [0, 0.05) is 24.4 Å². The summed E-state index contributed by atoms with van der Waals surface area (Å²) in [5.74, 6) is 1.66. The Hall–Kier alpha value is -1.64. The Bertz CT molecular complexity index is 497. The molecule has 1 amide bonds. The summed E-state index contributed by atoms with van der Waals surface area (Å²) in [6.45, 7) is 0. The van der Waals surface area contributed by atoms with E-state index in [2.05, 4.69) is 5.32 Å². The first-order chi connectivity index (χ1) is 9.72. The number of Topliss-reactive ketones (excluding diaryl/α,β-unsaturated/α-hetero) is 1. The van der Waals surface area contributed by atoms with Gasteiger partial charge in [0.15, 0.2) is 0 Å². The lowest BCUT2D eigenvalue weighted by Gasteiger charge is -2.38. The molecule has 0 aromatic heterocycles. The normalized spacial score (nSPS) is 29.6. The number of carbonyl (C=O) groups is 2. The summed E-state index contributed by atoms with van der Waals surface area (Å²) in [5, 5.41) is 3.16. The molecule has 1 aromatic carbocycles. The van der Waals surface area contributed by atoms with Crippen molar-refractivity contribution in [2.75, 3.05) is 0 Å². The summed E-state index contributed by atoms with van der Waals surface area (Å²) in [7, 11) is 0. The Labute approximate surface area is 119 Å². The molecule has 0 heterocycles. The fourth-order valence-electron chi connectivity index (χ4n) is 3.68. The molecule has 0 bridgehead atoms. The third kappa shape index (κ3) is 2.92. The van der Waals surface area contributed by atoms with Gasteiger partial charge < -0.3 is 5.32 Å². The number of hydrogen-bond acceptors (Lipinski definition) is 2. The fourth-order valence-corrected chi connectivity index (χ4v) is 3.68. The molecular formula is C17H21NO2. The third-order valence-electron chi connectivity index (χ3n) is 4.79. The van der Waals surface area contributed by atoms with Crippen molar-refractivity contribution in [2.24, 2.45) is 11.8 Å². The molecule has 3 nitrogen and oxygen atoms in total. The van der Waals surface area contributed by atoms with E-state index < -0.39 is 0 Å².